The second kappa shape index (κ2) is 3.80. The number of para-hydroxylation sites is 2. The van der Waals surface area contributed by atoms with Gasteiger partial charge in [0, 0.05) is 5.38 Å². The number of rotatable bonds is 1. The normalized spacial score (nSPS) is 10.1. The summed E-state index contributed by atoms with van der Waals surface area (Å²) in [7, 11) is 0. The molecule has 0 atom stereocenters. The van der Waals surface area contributed by atoms with Crippen LogP contribution >= 0.6 is 11.3 Å². The highest BCUT2D eigenvalue weighted by atomic mass is 32.1. The van der Waals surface area contributed by atoms with Gasteiger partial charge in [-0.25, -0.2) is 9.97 Å². The van der Waals surface area contributed by atoms with Crippen molar-refractivity contribution in [1.82, 2.24) is 15.0 Å². The van der Waals surface area contributed by atoms with E-state index in [1.165, 1.54) is 0 Å². The van der Waals surface area contributed by atoms with Crippen LogP contribution in [0, 0.1) is 0 Å². The lowest BCUT2D eigenvalue weighted by molar-refractivity contribution is 0.824. The maximum absolute atomic E-state index is 4.44. The highest BCUT2D eigenvalue weighted by Gasteiger charge is 2.05. The van der Waals surface area contributed by atoms with Gasteiger partial charge in [-0.3, -0.25) is 0 Å². The summed E-state index contributed by atoms with van der Waals surface area (Å²) in [6.07, 6.45) is 0. The fraction of sp³-hybridized carbons (Fsp3) is 0. The molecule has 0 amide bonds. The predicted molar refractivity (Wildman–Crippen MR) is 60.8 cm³/mol. The summed E-state index contributed by atoms with van der Waals surface area (Å²) in [6.45, 7) is 0. The monoisotopic (exact) mass is 219 g/mol. The van der Waals surface area contributed by atoms with Gasteiger partial charge in [-0.1, -0.05) is 12.1 Å². The van der Waals surface area contributed by atoms with Crippen LogP contribution in [-0.4, -0.2) is 20.4 Å². The molecule has 0 spiro atoms. The first-order valence-corrected chi connectivity index (χ1v) is 5.21. The third-order valence-electron chi connectivity index (χ3n) is 2.06. The molecule has 0 radical (unpaired) electrons. The maximum atomic E-state index is 4.44. The lowest BCUT2D eigenvalue weighted by atomic mass is 10.3. The maximum Gasteiger partial charge on any atom is 0.158 e. The van der Waals surface area contributed by atoms with Gasteiger partial charge in [-0.05, 0) is 12.1 Å². The highest BCUT2D eigenvalue weighted by Crippen LogP contribution is 2.19. The van der Waals surface area contributed by atoms with Crippen LogP contribution in [-0.2, 0) is 0 Å². The minimum Gasteiger partial charge on any atom is -0.412 e. The fourth-order valence-corrected chi connectivity index (χ4v) is 1.94. The first kappa shape index (κ1) is 9.82. The van der Waals surface area contributed by atoms with Gasteiger partial charge in [0.25, 0.3) is 0 Å². The Labute approximate surface area is 89.9 Å². The molecule has 0 aliphatic heterocycles. The van der Waals surface area contributed by atoms with Crippen LogP contribution in [0.2, 0.25) is 0 Å². The van der Waals surface area contributed by atoms with Crippen molar-refractivity contribution in [3.63, 3.8) is 0 Å². The minimum atomic E-state index is 0. The topological polar surface area (TPSA) is 73.1 Å². The number of thiazole rings is 1. The summed E-state index contributed by atoms with van der Waals surface area (Å²) in [5.74, 6) is 0.840. The largest absolute Gasteiger partial charge is 0.412 e. The van der Waals surface area contributed by atoms with E-state index >= 15 is 0 Å². The lowest BCUT2D eigenvalue weighted by Gasteiger charge is -1.84. The average molecular weight is 219 g/mol. The minimum absolute atomic E-state index is 0. The van der Waals surface area contributed by atoms with Gasteiger partial charge < -0.3 is 10.5 Å². The first-order chi connectivity index (χ1) is 6.93. The molecule has 3 aromatic rings. The number of H-pyrrole nitrogens is 1. The molecule has 1 aromatic carbocycles. The van der Waals surface area contributed by atoms with Crippen molar-refractivity contribution >= 4 is 22.4 Å². The van der Waals surface area contributed by atoms with Crippen molar-refractivity contribution in [3.05, 3.63) is 35.2 Å². The molecule has 3 rings (SSSR count). The van der Waals surface area contributed by atoms with Crippen molar-refractivity contribution in [3.8, 4) is 11.5 Å². The zero-order valence-corrected chi connectivity index (χ0v) is 8.58. The molecule has 0 fully saturated rings. The molecule has 5 heteroatoms. The number of nitrogens with zero attached hydrogens (tertiary/aromatic N) is 2. The molecular weight excluding hydrogens is 210 g/mol. The molecule has 76 valence electrons. The summed E-state index contributed by atoms with van der Waals surface area (Å²) in [4.78, 5) is 11.9. The summed E-state index contributed by atoms with van der Waals surface area (Å²) < 4.78 is 0. The summed E-state index contributed by atoms with van der Waals surface area (Å²) in [5.41, 5.74) is 4.75. The molecule has 2 heterocycles. The SMILES string of the molecule is O.c1ccc2[nH]c(-c3cscn3)nc2c1. The molecule has 3 N–H and O–H groups in total. The van der Waals surface area contributed by atoms with Gasteiger partial charge in [-0.15, -0.1) is 11.3 Å². The van der Waals surface area contributed by atoms with Crippen molar-refractivity contribution in [2.24, 2.45) is 0 Å². The second-order valence-corrected chi connectivity index (χ2v) is 3.69. The van der Waals surface area contributed by atoms with Crippen LogP contribution in [0.1, 0.15) is 0 Å². The first-order valence-electron chi connectivity index (χ1n) is 4.27. The molecule has 0 saturated carbocycles. The second-order valence-electron chi connectivity index (χ2n) is 2.98. The summed E-state index contributed by atoms with van der Waals surface area (Å²) in [6, 6.07) is 7.97. The molecule has 0 bridgehead atoms. The number of nitrogens with one attached hydrogen (secondary N) is 1. The zero-order valence-electron chi connectivity index (χ0n) is 7.77. The van der Waals surface area contributed by atoms with E-state index in [0.29, 0.717) is 0 Å². The van der Waals surface area contributed by atoms with E-state index in [2.05, 4.69) is 15.0 Å². The smallest absolute Gasteiger partial charge is 0.158 e. The molecule has 0 aliphatic rings. The Kier molecular flexibility index (Phi) is 2.49. The van der Waals surface area contributed by atoms with E-state index in [0.717, 1.165) is 22.6 Å². The highest BCUT2D eigenvalue weighted by molar-refractivity contribution is 7.07. The van der Waals surface area contributed by atoms with Crippen LogP contribution in [0.5, 0.6) is 0 Å². The Bertz CT molecular complexity index is 526. The lowest BCUT2D eigenvalue weighted by Crippen LogP contribution is -1.77. The van der Waals surface area contributed by atoms with Crippen LogP contribution in [0.4, 0.5) is 0 Å². The quantitative estimate of drug-likeness (QED) is 0.678. The van der Waals surface area contributed by atoms with E-state index in [1.807, 2.05) is 35.2 Å². The van der Waals surface area contributed by atoms with Crippen molar-refractivity contribution in [2.75, 3.05) is 0 Å². The van der Waals surface area contributed by atoms with Gasteiger partial charge in [0.1, 0.15) is 5.69 Å². The molecule has 0 aliphatic carbocycles. The number of imidazole rings is 1. The van der Waals surface area contributed by atoms with Crippen molar-refractivity contribution < 1.29 is 5.48 Å². The Hall–Kier alpha value is -1.72. The molecule has 0 unspecified atom stereocenters. The van der Waals surface area contributed by atoms with E-state index in [9.17, 15) is 0 Å². The van der Waals surface area contributed by atoms with Gasteiger partial charge in [0.05, 0.1) is 16.5 Å². The Morgan fingerprint density at radius 3 is 2.80 bits per heavy atom. The molecule has 4 nitrogen and oxygen atoms in total. The standard InChI is InChI=1S/C10H7N3S.H2O/c1-2-4-8-7(3-1)12-10(13-8)9-5-14-6-11-9;/h1-6H,(H,12,13);1H2. The molecule has 15 heavy (non-hydrogen) atoms. The fourth-order valence-electron chi connectivity index (χ4n) is 1.40. The Morgan fingerprint density at radius 1 is 1.20 bits per heavy atom. The molecular formula is C10H9N3OS. The van der Waals surface area contributed by atoms with Crippen LogP contribution < -0.4 is 0 Å². The van der Waals surface area contributed by atoms with Gasteiger partial charge in [0.2, 0.25) is 0 Å². The van der Waals surface area contributed by atoms with Crippen LogP contribution in [0.15, 0.2) is 35.2 Å². The third-order valence-corrected chi connectivity index (χ3v) is 2.65. The number of hydrogen-bond donors (Lipinski definition) is 1. The summed E-state index contributed by atoms with van der Waals surface area (Å²) in [5, 5.41) is 1.98. The number of fused-ring (bicyclic) bond motifs is 1. The van der Waals surface area contributed by atoms with Gasteiger partial charge in [0.15, 0.2) is 5.82 Å². The number of benzene rings is 1. The van der Waals surface area contributed by atoms with Crippen LogP contribution in [0.25, 0.3) is 22.6 Å². The van der Waals surface area contributed by atoms with Gasteiger partial charge in [-0.2, -0.15) is 0 Å². The van der Waals surface area contributed by atoms with E-state index < -0.39 is 0 Å². The average Bonchev–Trinajstić information content (AvgIpc) is 2.86. The van der Waals surface area contributed by atoms with Crippen LogP contribution in [0.3, 0.4) is 0 Å². The molecule has 2 aromatic heterocycles. The molecule has 0 saturated heterocycles. The summed E-state index contributed by atoms with van der Waals surface area (Å²) >= 11 is 1.57. The predicted octanol–water partition coefficient (Wildman–Crippen LogP) is 1.86. The van der Waals surface area contributed by atoms with Gasteiger partial charge >= 0.3 is 0 Å². The number of hydrogen-bond acceptors (Lipinski definition) is 3. The van der Waals surface area contributed by atoms with Crippen molar-refractivity contribution in [2.45, 2.75) is 0 Å². The number of aromatic amines is 1. The van der Waals surface area contributed by atoms with E-state index in [-0.39, 0.29) is 5.48 Å². The van der Waals surface area contributed by atoms with E-state index in [1.54, 1.807) is 11.3 Å². The number of aromatic nitrogens is 3. The Morgan fingerprint density at radius 2 is 2.07 bits per heavy atom. The third kappa shape index (κ3) is 1.62. The van der Waals surface area contributed by atoms with E-state index in [4.69, 9.17) is 0 Å². The van der Waals surface area contributed by atoms with Crippen molar-refractivity contribution in [1.29, 1.82) is 0 Å². The Balaban J connectivity index is 0.000000853. The zero-order chi connectivity index (χ0) is 9.38.